The molecule has 0 bridgehead atoms. The quantitative estimate of drug-likeness (QED) is 0.180. The lowest BCUT2D eigenvalue weighted by Gasteiger charge is -2.42. The van der Waals surface area contributed by atoms with Crippen molar-refractivity contribution in [1.82, 2.24) is 24.9 Å². The molecular formula is C44H77N5O7. The molecule has 1 aromatic carbocycles. The Balaban J connectivity index is 2.31. The second-order valence-electron chi connectivity index (χ2n) is 17.8. The lowest BCUT2D eigenvalue weighted by Crippen LogP contribution is -2.61. The van der Waals surface area contributed by atoms with Gasteiger partial charge in [0.15, 0.2) is 0 Å². The molecule has 1 heterocycles. The highest BCUT2D eigenvalue weighted by Crippen LogP contribution is 2.31. The summed E-state index contributed by atoms with van der Waals surface area (Å²) in [5.74, 6) is -1.51. The van der Waals surface area contributed by atoms with Crippen LogP contribution in [0, 0.1) is 23.7 Å². The van der Waals surface area contributed by atoms with Crippen molar-refractivity contribution in [3.8, 4) is 0 Å². The zero-order valence-corrected chi connectivity index (χ0v) is 37.5. The molecule has 0 aromatic heterocycles. The highest BCUT2D eigenvalue weighted by atomic mass is 16.5. The van der Waals surface area contributed by atoms with E-state index in [4.69, 9.17) is 9.47 Å². The van der Waals surface area contributed by atoms with Crippen molar-refractivity contribution in [2.45, 2.75) is 156 Å². The summed E-state index contributed by atoms with van der Waals surface area (Å²) in [7, 11) is 8.53. The van der Waals surface area contributed by atoms with Crippen molar-refractivity contribution in [1.29, 1.82) is 0 Å². The van der Waals surface area contributed by atoms with Gasteiger partial charge < -0.3 is 34.6 Å². The fourth-order valence-corrected chi connectivity index (χ4v) is 8.27. The van der Waals surface area contributed by atoms with Gasteiger partial charge in [-0.25, -0.2) is 0 Å². The average molecular weight is 788 g/mol. The summed E-state index contributed by atoms with van der Waals surface area (Å²) in [5.41, 5.74) is 0.471. The lowest BCUT2D eigenvalue weighted by atomic mass is 9.89. The van der Waals surface area contributed by atoms with E-state index in [1.54, 1.807) is 38.1 Å². The summed E-state index contributed by atoms with van der Waals surface area (Å²) in [5, 5.41) is 14.2. The van der Waals surface area contributed by atoms with E-state index >= 15 is 0 Å². The molecule has 1 fully saturated rings. The highest BCUT2D eigenvalue weighted by Gasteiger charge is 2.44. The average Bonchev–Trinajstić information content (AvgIpc) is 3.64. The van der Waals surface area contributed by atoms with E-state index in [0.717, 1.165) is 18.4 Å². The van der Waals surface area contributed by atoms with E-state index in [2.05, 4.69) is 44.8 Å². The molecule has 1 aromatic rings. The SMILES string of the molecule is CC[C@H](C)[C@@H]([C@@H](CC(=O)N1CCC[C@H]1[C@H](OC)[C@@H](C)C(=O)N(C)[C@H](C)[C@@H](O)c1ccccc1)OC)N(C)C(=O)[C@@H](NC(=O)[C@H](C(C)C)N(C)C(C)(C)C)C(C)C. The van der Waals surface area contributed by atoms with E-state index in [0.29, 0.717) is 13.0 Å². The van der Waals surface area contributed by atoms with Crippen molar-refractivity contribution >= 4 is 23.6 Å². The number of benzene rings is 1. The van der Waals surface area contributed by atoms with E-state index in [-0.39, 0.29) is 59.4 Å². The monoisotopic (exact) mass is 788 g/mol. The fourth-order valence-electron chi connectivity index (χ4n) is 8.27. The maximum atomic E-state index is 14.4. The maximum Gasteiger partial charge on any atom is 0.245 e. The summed E-state index contributed by atoms with van der Waals surface area (Å²) < 4.78 is 12.1. The van der Waals surface area contributed by atoms with Crippen LogP contribution in [0.2, 0.25) is 0 Å². The Morgan fingerprint density at radius 2 is 1.48 bits per heavy atom. The van der Waals surface area contributed by atoms with Gasteiger partial charge in [-0.05, 0) is 70.9 Å². The maximum absolute atomic E-state index is 14.4. The van der Waals surface area contributed by atoms with Crippen LogP contribution >= 0.6 is 0 Å². The predicted molar refractivity (Wildman–Crippen MR) is 223 cm³/mol. The molecule has 0 spiro atoms. The van der Waals surface area contributed by atoms with Gasteiger partial charge in [0.1, 0.15) is 6.04 Å². The van der Waals surface area contributed by atoms with Gasteiger partial charge in [0.25, 0.3) is 0 Å². The topological polar surface area (TPSA) is 132 Å². The molecule has 1 saturated heterocycles. The number of nitrogens with one attached hydrogen (secondary N) is 1. The molecule has 0 radical (unpaired) electrons. The molecule has 1 aliphatic heterocycles. The molecule has 10 atom stereocenters. The molecule has 56 heavy (non-hydrogen) atoms. The van der Waals surface area contributed by atoms with Crippen LogP contribution in [0.1, 0.15) is 114 Å². The largest absolute Gasteiger partial charge is 0.386 e. The van der Waals surface area contributed by atoms with E-state index in [1.165, 1.54) is 0 Å². The lowest BCUT2D eigenvalue weighted by molar-refractivity contribution is -0.150. The Morgan fingerprint density at radius 3 is 1.96 bits per heavy atom. The van der Waals surface area contributed by atoms with Gasteiger partial charge in [0.2, 0.25) is 23.6 Å². The number of hydrogen-bond donors (Lipinski definition) is 2. The van der Waals surface area contributed by atoms with Crippen LogP contribution in [0.3, 0.4) is 0 Å². The third kappa shape index (κ3) is 12.0. The number of aliphatic hydroxyl groups is 1. The molecule has 2 rings (SSSR count). The molecule has 12 nitrogen and oxygen atoms in total. The van der Waals surface area contributed by atoms with Crippen LogP contribution in [0.25, 0.3) is 0 Å². The normalized spacial score (nSPS) is 19.9. The van der Waals surface area contributed by atoms with Crippen LogP contribution in [-0.4, -0.2) is 138 Å². The van der Waals surface area contributed by atoms with Gasteiger partial charge in [-0.1, -0.05) is 85.2 Å². The number of carbonyl (C=O) groups is 4. The fraction of sp³-hybridized carbons (Fsp3) is 0.773. The first-order valence-corrected chi connectivity index (χ1v) is 20.7. The van der Waals surface area contributed by atoms with Crippen molar-refractivity contribution in [3.05, 3.63) is 35.9 Å². The third-order valence-corrected chi connectivity index (χ3v) is 12.4. The number of likely N-dealkylation sites (tertiary alicyclic amines) is 1. The molecule has 4 amide bonds. The standard InChI is InChI=1S/C44H77N5O7/c1-17-29(6)38(47(13)43(54)36(27(2)3)45-41(52)37(28(4)5)48(14)44(9,10)11)34(55-15)26-35(50)49-25-21-24-33(49)40(56-16)30(7)42(53)46(12)31(8)39(51)32-22-19-18-20-23-32/h18-20,22-23,27-31,33-34,36-40,51H,17,21,24-26H2,1-16H3,(H,45,52)/t29-,30+,31+,33-,34+,36-,37-,38-,39+,40+/m0/s1. The minimum absolute atomic E-state index is 0.0156. The summed E-state index contributed by atoms with van der Waals surface area (Å²) in [6, 6.07) is 6.78. The van der Waals surface area contributed by atoms with Crippen molar-refractivity contribution < 1.29 is 33.8 Å². The summed E-state index contributed by atoms with van der Waals surface area (Å²) >= 11 is 0. The van der Waals surface area contributed by atoms with E-state index < -0.39 is 48.4 Å². The van der Waals surface area contributed by atoms with Crippen LogP contribution in [0.4, 0.5) is 0 Å². The van der Waals surface area contributed by atoms with Crippen LogP contribution < -0.4 is 5.32 Å². The van der Waals surface area contributed by atoms with E-state index in [1.807, 2.05) is 83.8 Å². The first kappa shape index (κ1) is 49.1. The first-order chi connectivity index (χ1) is 26.1. The molecule has 0 unspecified atom stereocenters. The Bertz CT molecular complexity index is 1400. The van der Waals surface area contributed by atoms with Gasteiger partial charge in [-0.3, -0.25) is 24.1 Å². The molecule has 2 N–H and O–H groups in total. The zero-order valence-electron chi connectivity index (χ0n) is 37.5. The number of likely N-dealkylation sites (N-methyl/N-ethyl adjacent to an activating group) is 3. The highest BCUT2D eigenvalue weighted by molar-refractivity contribution is 5.90. The summed E-state index contributed by atoms with van der Waals surface area (Å²) in [4.78, 5) is 63.6. The zero-order chi connectivity index (χ0) is 42.8. The number of carbonyl (C=O) groups excluding carboxylic acids is 4. The summed E-state index contributed by atoms with van der Waals surface area (Å²) in [6.07, 6.45) is 0.145. The molecule has 320 valence electrons. The van der Waals surface area contributed by atoms with Crippen molar-refractivity contribution in [3.63, 3.8) is 0 Å². The van der Waals surface area contributed by atoms with Gasteiger partial charge in [0.05, 0.1) is 54.8 Å². The van der Waals surface area contributed by atoms with Gasteiger partial charge >= 0.3 is 0 Å². The van der Waals surface area contributed by atoms with Crippen molar-refractivity contribution in [2.75, 3.05) is 41.9 Å². The van der Waals surface area contributed by atoms with Crippen LogP contribution in [0.5, 0.6) is 0 Å². The molecule has 12 heteroatoms. The Hall–Kier alpha value is -3.06. The van der Waals surface area contributed by atoms with Gasteiger partial charge in [-0.2, -0.15) is 0 Å². The van der Waals surface area contributed by atoms with Crippen LogP contribution in [0.15, 0.2) is 30.3 Å². The molecule has 0 aliphatic carbocycles. The van der Waals surface area contributed by atoms with Crippen LogP contribution in [-0.2, 0) is 28.7 Å². The van der Waals surface area contributed by atoms with Gasteiger partial charge in [0, 0.05) is 40.4 Å². The number of ether oxygens (including phenoxy) is 2. The summed E-state index contributed by atoms with van der Waals surface area (Å²) in [6.45, 7) is 22.4. The smallest absolute Gasteiger partial charge is 0.245 e. The number of rotatable bonds is 20. The Labute approximate surface area is 339 Å². The second kappa shape index (κ2) is 21.6. The molecule has 1 aliphatic rings. The van der Waals surface area contributed by atoms with E-state index in [9.17, 15) is 24.3 Å². The molecular weight excluding hydrogens is 711 g/mol. The minimum atomic E-state index is -0.864. The minimum Gasteiger partial charge on any atom is -0.386 e. The third-order valence-electron chi connectivity index (χ3n) is 12.4. The van der Waals surface area contributed by atoms with Crippen molar-refractivity contribution in [2.24, 2.45) is 23.7 Å². The van der Waals surface area contributed by atoms with Gasteiger partial charge in [-0.15, -0.1) is 0 Å². The molecule has 0 saturated carbocycles. The number of amides is 4. The number of methoxy groups -OCH3 is 2. The second-order valence-corrected chi connectivity index (χ2v) is 17.8. The number of hydrogen-bond acceptors (Lipinski definition) is 8. The predicted octanol–water partition coefficient (Wildman–Crippen LogP) is 5.38. The number of nitrogens with zero attached hydrogens (tertiary/aromatic N) is 4. The Kier molecular flexibility index (Phi) is 19.0. The number of aliphatic hydroxyl groups excluding tert-OH is 1. The Morgan fingerprint density at radius 1 is 0.893 bits per heavy atom. The first-order valence-electron chi connectivity index (χ1n) is 20.7.